The van der Waals surface area contributed by atoms with Crippen molar-refractivity contribution >= 4 is 17.5 Å². The first-order valence-corrected chi connectivity index (χ1v) is 10.2. The van der Waals surface area contributed by atoms with Gasteiger partial charge in [0.05, 0.1) is 31.0 Å². The molecule has 0 bridgehead atoms. The van der Waals surface area contributed by atoms with Crippen molar-refractivity contribution in [2.45, 2.75) is 27.3 Å². The van der Waals surface area contributed by atoms with Gasteiger partial charge >= 0.3 is 0 Å². The second kappa shape index (κ2) is 9.50. The molecule has 0 spiro atoms. The zero-order chi connectivity index (χ0) is 21.0. The number of methoxy groups -OCH3 is 1. The fraction of sp³-hybridized carbons (Fsp3) is 0.524. The molecular weight excluding hydrogens is 394 g/mol. The molecule has 1 aromatic carbocycles. The molecule has 158 valence electrons. The maximum Gasteiger partial charge on any atom is 0.254 e. The van der Waals surface area contributed by atoms with Crippen molar-refractivity contribution in [2.24, 2.45) is 5.92 Å². The van der Waals surface area contributed by atoms with Crippen LogP contribution in [0.5, 0.6) is 11.5 Å². The molecule has 0 N–H and O–H groups in total. The van der Waals surface area contributed by atoms with Crippen molar-refractivity contribution in [3.05, 3.63) is 40.2 Å². The lowest BCUT2D eigenvalue weighted by Crippen LogP contribution is -2.48. The third-order valence-electron chi connectivity index (χ3n) is 4.75. The molecule has 1 aliphatic rings. The SMILES string of the molecule is COc1cc(C(=O)N2CCN(Cc3cc(C)no3)CC2)cc(Cl)c1OCC(C)C. The fourth-order valence-electron chi connectivity index (χ4n) is 3.24. The quantitative estimate of drug-likeness (QED) is 0.679. The lowest BCUT2D eigenvalue weighted by Gasteiger charge is -2.34. The van der Waals surface area contributed by atoms with E-state index in [0.717, 1.165) is 24.5 Å². The topological polar surface area (TPSA) is 68.0 Å². The van der Waals surface area contributed by atoms with Crippen LogP contribution >= 0.6 is 11.6 Å². The molecule has 0 atom stereocenters. The molecule has 2 heterocycles. The molecule has 2 aromatic rings. The van der Waals surface area contributed by atoms with Gasteiger partial charge in [-0.1, -0.05) is 30.6 Å². The van der Waals surface area contributed by atoms with E-state index in [-0.39, 0.29) is 5.91 Å². The summed E-state index contributed by atoms with van der Waals surface area (Å²) in [6, 6.07) is 5.30. The maximum atomic E-state index is 13.0. The molecule has 1 amide bonds. The Morgan fingerprint density at radius 1 is 1.24 bits per heavy atom. The molecule has 1 saturated heterocycles. The highest BCUT2D eigenvalue weighted by molar-refractivity contribution is 6.32. The first-order chi connectivity index (χ1) is 13.9. The minimum absolute atomic E-state index is 0.0595. The van der Waals surface area contributed by atoms with Gasteiger partial charge < -0.3 is 18.9 Å². The first-order valence-electron chi connectivity index (χ1n) is 9.81. The van der Waals surface area contributed by atoms with E-state index in [1.807, 2.05) is 17.9 Å². The van der Waals surface area contributed by atoms with E-state index < -0.39 is 0 Å². The molecule has 3 rings (SSSR count). The highest BCUT2D eigenvalue weighted by Gasteiger charge is 2.25. The van der Waals surface area contributed by atoms with Crippen molar-refractivity contribution in [2.75, 3.05) is 39.9 Å². The second-order valence-corrected chi connectivity index (χ2v) is 8.10. The van der Waals surface area contributed by atoms with Gasteiger partial charge in [0, 0.05) is 37.8 Å². The molecular formula is C21H28ClN3O4. The number of piperazine rings is 1. The van der Waals surface area contributed by atoms with Gasteiger partial charge in [0.1, 0.15) is 0 Å². The molecule has 1 fully saturated rings. The summed E-state index contributed by atoms with van der Waals surface area (Å²) in [5.41, 5.74) is 1.38. The van der Waals surface area contributed by atoms with Crippen molar-refractivity contribution < 1.29 is 18.8 Å². The molecule has 0 aliphatic carbocycles. The number of nitrogens with zero attached hydrogens (tertiary/aromatic N) is 3. The van der Waals surface area contributed by atoms with Crippen molar-refractivity contribution in [1.29, 1.82) is 0 Å². The van der Waals surface area contributed by atoms with Crippen LogP contribution in [-0.2, 0) is 6.54 Å². The van der Waals surface area contributed by atoms with Gasteiger partial charge in [-0.3, -0.25) is 9.69 Å². The average Bonchev–Trinajstić information content (AvgIpc) is 3.11. The smallest absolute Gasteiger partial charge is 0.254 e. The summed E-state index contributed by atoms with van der Waals surface area (Å²) in [6.07, 6.45) is 0. The first kappa shape index (κ1) is 21.5. The van der Waals surface area contributed by atoms with Crippen LogP contribution in [0.2, 0.25) is 5.02 Å². The molecule has 0 radical (unpaired) electrons. The van der Waals surface area contributed by atoms with Crippen LogP contribution in [0.3, 0.4) is 0 Å². The maximum absolute atomic E-state index is 13.0. The number of halogens is 1. The lowest BCUT2D eigenvalue weighted by molar-refractivity contribution is 0.0617. The van der Waals surface area contributed by atoms with Gasteiger partial charge in [0.15, 0.2) is 17.3 Å². The Balaban J connectivity index is 1.63. The molecule has 1 aromatic heterocycles. The van der Waals surface area contributed by atoms with E-state index in [1.54, 1.807) is 19.2 Å². The number of benzene rings is 1. The van der Waals surface area contributed by atoms with Crippen LogP contribution in [0, 0.1) is 12.8 Å². The summed E-state index contributed by atoms with van der Waals surface area (Å²) in [5, 5.41) is 4.30. The van der Waals surface area contributed by atoms with E-state index in [2.05, 4.69) is 23.9 Å². The fourth-order valence-corrected chi connectivity index (χ4v) is 3.50. The predicted molar refractivity (Wildman–Crippen MR) is 111 cm³/mol. The largest absolute Gasteiger partial charge is 0.493 e. The zero-order valence-corrected chi connectivity index (χ0v) is 18.2. The standard InChI is InChI=1S/C21H28ClN3O4/c1-14(2)13-28-20-18(22)10-16(11-19(20)27-4)21(26)25-7-5-24(6-8-25)12-17-9-15(3)23-29-17/h9-11,14H,5-8,12-13H2,1-4H3. The molecule has 8 heteroatoms. The van der Waals surface area contributed by atoms with E-state index in [0.29, 0.717) is 54.2 Å². The number of rotatable bonds is 7. The van der Waals surface area contributed by atoms with Crippen LogP contribution in [-0.4, -0.2) is 60.8 Å². The monoisotopic (exact) mass is 421 g/mol. The van der Waals surface area contributed by atoms with E-state index in [1.165, 1.54) is 0 Å². The van der Waals surface area contributed by atoms with Gasteiger partial charge in [-0.2, -0.15) is 0 Å². The van der Waals surface area contributed by atoms with Gasteiger partial charge in [0.25, 0.3) is 5.91 Å². The van der Waals surface area contributed by atoms with E-state index in [9.17, 15) is 4.79 Å². The van der Waals surface area contributed by atoms with Crippen molar-refractivity contribution in [1.82, 2.24) is 15.0 Å². The van der Waals surface area contributed by atoms with E-state index in [4.69, 9.17) is 25.6 Å². The number of aryl methyl sites for hydroxylation is 1. The molecule has 0 saturated carbocycles. The molecule has 0 unspecified atom stereocenters. The number of hydrogen-bond donors (Lipinski definition) is 0. The number of ether oxygens (including phenoxy) is 2. The predicted octanol–water partition coefficient (Wildman–Crippen LogP) is 3.64. The Morgan fingerprint density at radius 3 is 2.55 bits per heavy atom. The van der Waals surface area contributed by atoms with Gasteiger partial charge in [-0.15, -0.1) is 0 Å². The Morgan fingerprint density at radius 2 is 1.97 bits per heavy atom. The zero-order valence-electron chi connectivity index (χ0n) is 17.4. The minimum atomic E-state index is -0.0595. The Hall–Kier alpha value is -2.25. The number of hydrogen-bond acceptors (Lipinski definition) is 6. The van der Waals surface area contributed by atoms with Crippen LogP contribution in [0.1, 0.15) is 35.7 Å². The third-order valence-corrected chi connectivity index (χ3v) is 5.03. The van der Waals surface area contributed by atoms with E-state index >= 15 is 0 Å². The molecule has 29 heavy (non-hydrogen) atoms. The summed E-state index contributed by atoms with van der Waals surface area (Å²) in [7, 11) is 1.55. The van der Waals surface area contributed by atoms with Crippen molar-refractivity contribution in [3.8, 4) is 11.5 Å². The van der Waals surface area contributed by atoms with Gasteiger partial charge in [0.2, 0.25) is 0 Å². The summed E-state index contributed by atoms with van der Waals surface area (Å²) in [6.45, 7) is 10.1. The number of carbonyl (C=O) groups is 1. The van der Waals surface area contributed by atoms with Crippen LogP contribution in [0.15, 0.2) is 22.7 Å². The summed E-state index contributed by atoms with van der Waals surface area (Å²) in [4.78, 5) is 17.1. The number of aromatic nitrogens is 1. The highest BCUT2D eigenvalue weighted by Crippen LogP contribution is 2.37. The van der Waals surface area contributed by atoms with Crippen molar-refractivity contribution in [3.63, 3.8) is 0 Å². The number of amides is 1. The van der Waals surface area contributed by atoms with Crippen LogP contribution in [0.4, 0.5) is 0 Å². The minimum Gasteiger partial charge on any atom is -0.493 e. The van der Waals surface area contributed by atoms with Gasteiger partial charge in [-0.05, 0) is 25.0 Å². The highest BCUT2D eigenvalue weighted by atomic mass is 35.5. The van der Waals surface area contributed by atoms with Gasteiger partial charge in [-0.25, -0.2) is 0 Å². The molecule has 7 nitrogen and oxygen atoms in total. The Kier molecular flexibility index (Phi) is 7.03. The Bertz CT molecular complexity index is 844. The summed E-state index contributed by atoms with van der Waals surface area (Å²) >= 11 is 6.39. The Labute approximate surface area is 176 Å². The third kappa shape index (κ3) is 5.42. The number of carbonyl (C=O) groups excluding carboxylic acids is 1. The second-order valence-electron chi connectivity index (χ2n) is 7.70. The summed E-state index contributed by atoms with van der Waals surface area (Å²) < 4.78 is 16.5. The lowest BCUT2D eigenvalue weighted by atomic mass is 10.1. The van der Waals surface area contributed by atoms with Crippen LogP contribution < -0.4 is 9.47 Å². The van der Waals surface area contributed by atoms with Crippen LogP contribution in [0.25, 0.3) is 0 Å². The normalized spacial score (nSPS) is 15.0. The molecule has 1 aliphatic heterocycles. The average molecular weight is 422 g/mol. The summed E-state index contributed by atoms with van der Waals surface area (Å²) in [5.74, 6) is 2.09.